The molecule has 0 bridgehead atoms. The van der Waals surface area contributed by atoms with Gasteiger partial charge in [0.1, 0.15) is 85.5 Å². The summed E-state index contributed by atoms with van der Waals surface area (Å²) in [6.07, 6.45) is -18.5. The van der Waals surface area contributed by atoms with Crippen LogP contribution < -0.4 is 0 Å². The summed E-state index contributed by atoms with van der Waals surface area (Å²) in [6, 6.07) is 0. The predicted octanol–water partition coefficient (Wildman–Crippen LogP) is -1.71. The SMILES string of the molecule is CO[C@]1(CC[C@@H](C)CO[C@@H]2O[C@H](CO)[C@@H](O)[C@H](O)[C@H]2O)O[C@H]2C[C@H]3[C@@H]4CC=C5C[C@@H](O[C@@H]6O[C@H](CO)[C@@H](O)[C@H](O[C@@H]7OC[C@@H](O)[C@H](O)[C@H]7O)[C@H]6O[C@@H]6O[C@@H](C)[C@H](O)[C@@H](O)[C@H]6O)CC[C@]5(C)[C@H]4CC[C@]3(C)[C@H]2[C@@H]1C. The molecule has 22 heteroatoms. The molecule has 0 unspecified atom stereocenters. The number of ether oxygens (including phenoxy) is 10. The Kier molecular flexibility index (Phi) is 17.2. The van der Waals surface area contributed by atoms with Crippen LogP contribution in [0.4, 0.5) is 0 Å². The average molecular weight is 1050 g/mol. The van der Waals surface area contributed by atoms with Crippen molar-refractivity contribution < 1.29 is 109 Å². The third-order valence-corrected chi connectivity index (χ3v) is 19.4. The first-order valence-electron chi connectivity index (χ1n) is 26.7. The van der Waals surface area contributed by atoms with Crippen LogP contribution in [0, 0.1) is 46.3 Å². The molecule has 12 N–H and O–H groups in total. The molecule has 4 aliphatic carbocycles. The Morgan fingerprint density at radius 3 is 2.07 bits per heavy atom. The van der Waals surface area contributed by atoms with E-state index in [1.54, 1.807) is 7.11 Å². The zero-order valence-corrected chi connectivity index (χ0v) is 42.8. The fourth-order valence-corrected chi connectivity index (χ4v) is 15.0. The lowest BCUT2D eigenvalue weighted by atomic mass is 9.47. The maximum Gasteiger partial charge on any atom is 0.187 e. The second-order valence-electron chi connectivity index (χ2n) is 23.6. The van der Waals surface area contributed by atoms with Crippen molar-refractivity contribution in [3.8, 4) is 0 Å². The highest BCUT2D eigenvalue weighted by Gasteiger charge is 2.68. The fourth-order valence-electron chi connectivity index (χ4n) is 15.0. The van der Waals surface area contributed by atoms with Gasteiger partial charge in [0, 0.05) is 19.4 Å². The normalized spacial score (nSPS) is 54.5. The van der Waals surface area contributed by atoms with E-state index in [9.17, 15) is 61.3 Å². The van der Waals surface area contributed by atoms with Gasteiger partial charge in [0.2, 0.25) is 0 Å². The monoisotopic (exact) mass is 1050 g/mol. The van der Waals surface area contributed by atoms with Gasteiger partial charge in [-0.1, -0.05) is 39.3 Å². The van der Waals surface area contributed by atoms with Crippen LogP contribution in [0.25, 0.3) is 0 Å². The molecule has 0 aromatic heterocycles. The first kappa shape index (κ1) is 56.6. The molecule has 22 nitrogen and oxygen atoms in total. The van der Waals surface area contributed by atoms with E-state index in [0.29, 0.717) is 43.4 Å². The molecule has 0 spiro atoms. The Hall–Kier alpha value is -1.14. The summed E-state index contributed by atoms with van der Waals surface area (Å²) >= 11 is 0. The third kappa shape index (κ3) is 10.2. The standard InChI is InChI=1S/C51H84O22/c1-21(19-65-45-41(62)39(60)36(57)31(17-52)69-45)9-14-51(64-6)22(2)33-30(73-51)16-28-26-8-7-24-15-25(10-12-49(24,4)27(26)11-13-50(28,33)5)68-48-44(72-47-42(63)38(59)34(55)23(3)67-47)43(37(58)32(18-53)70-48)71-46-40(61)35(56)29(54)20-66-46/h7,21-23,25-48,52-63H,8-20H2,1-6H3/t21-,22+,23+,25+,26-,27+,28+,29-,30+,31-,32-,33+,34+,35+,36-,37-,38-,39+,40-,41-,42-,43+,44-,45-,46+,47+,48-,49+,50+,51-/m1/s1. The topological polar surface area (TPSA) is 335 Å². The molecule has 420 valence electrons. The first-order chi connectivity index (χ1) is 34.6. The molecule has 8 fully saturated rings. The number of aliphatic hydroxyl groups is 12. The van der Waals surface area contributed by atoms with Crippen molar-refractivity contribution in [1.29, 1.82) is 0 Å². The third-order valence-electron chi connectivity index (χ3n) is 19.4. The lowest BCUT2D eigenvalue weighted by Gasteiger charge is -2.58. The zero-order valence-electron chi connectivity index (χ0n) is 42.8. The number of fused-ring (bicyclic) bond motifs is 7. The molecule has 9 rings (SSSR count). The molecule has 5 saturated heterocycles. The van der Waals surface area contributed by atoms with Gasteiger partial charge in [-0.05, 0) is 98.7 Å². The molecule has 0 amide bonds. The van der Waals surface area contributed by atoms with Crippen molar-refractivity contribution in [2.45, 2.75) is 227 Å². The smallest absolute Gasteiger partial charge is 0.187 e. The van der Waals surface area contributed by atoms with Gasteiger partial charge in [0.15, 0.2) is 30.9 Å². The summed E-state index contributed by atoms with van der Waals surface area (Å²) in [5, 5.41) is 126. The minimum atomic E-state index is -1.75. The first-order valence-corrected chi connectivity index (χ1v) is 26.7. The number of hydrogen-bond donors (Lipinski definition) is 12. The van der Waals surface area contributed by atoms with Crippen molar-refractivity contribution >= 4 is 0 Å². The Labute approximate surface area is 426 Å². The molecule has 0 aromatic rings. The second kappa shape index (κ2) is 22.2. The van der Waals surface area contributed by atoms with Gasteiger partial charge in [-0.15, -0.1) is 0 Å². The van der Waals surface area contributed by atoms with Crippen LogP contribution in [0.2, 0.25) is 0 Å². The van der Waals surface area contributed by atoms with Gasteiger partial charge >= 0.3 is 0 Å². The zero-order chi connectivity index (χ0) is 52.6. The highest BCUT2D eigenvalue weighted by atomic mass is 16.8. The Morgan fingerprint density at radius 1 is 0.699 bits per heavy atom. The number of aliphatic hydroxyl groups excluding tert-OH is 12. The van der Waals surface area contributed by atoms with Crippen molar-refractivity contribution in [3.63, 3.8) is 0 Å². The minimum Gasteiger partial charge on any atom is -0.394 e. The Bertz CT molecular complexity index is 1880. The summed E-state index contributed by atoms with van der Waals surface area (Å²) in [4.78, 5) is 0. The van der Waals surface area contributed by atoms with E-state index in [-0.39, 0.29) is 41.3 Å². The van der Waals surface area contributed by atoms with E-state index in [4.69, 9.17) is 47.4 Å². The molecular formula is C51H84O22. The molecule has 0 radical (unpaired) electrons. The molecule has 5 aliphatic heterocycles. The number of hydrogen-bond acceptors (Lipinski definition) is 22. The predicted molar refractivity (Wildman–Crippen MR) is 249 cm³/mol. The molecule has 5 heterocycles. The second-order valence-corrected chi connectivity index (χ2v) is 23.6. The van der Waals surface area contributed by atoms with E-state index in [2.05, 4.69) is 26.8 Å². The van der Waals surface area contributed by atoms with E-state index in [1.165, 1.54) is 12.5 Å². The van der Waals surface area contributed by atoms with E-state index >= 15 is 0 Å². The van der Waals surface area contributed by atoms with Gasteiger partial charge in [-0.25, -0.2) is 0 Å². The number of rotatable bonds is 15. The Balaban J connectivity index is 0.864. The minimum absolute atomic E-state index is 0.00353. The van der Waals surface area contributed by atoms with Crippen molar-refractivity contribution in [2.75, 3.05) is 33.5 Å². The van der Waals surface area contributed by atoms with E-state index in [1.807, 2.05) is 6.92 Å². The summed E-state index contributed by atoms with van der Waals surface area (Å²) in [5.41, 5.74) is 1.18. The Morgan fingerprint density at radius 2 is 1.36 bits per heavy atom. The summed E-state index contributed by atoms with van der Waals surface area (Å²) in [5.74, 6) is 0.863. The van der Waals surface area contributed by atoms with Gasteiger partial charge in [0.05, 0.1) is 44.7 Å². The van der Waals surface area contributed by atoms with Crippen molar-refractivity contribution in [2.24, 2.45) is 46.3 Å². The van der Waals surface area contributed by atoms with Crippen molar-refractivity contribution in [1.82, 2.24) is 0 Å². The average Bonchev–Trinajstić information content (AvgIpc) is 3.83. The van der Waals surface area contributed by atoms with Crippen LogP contribution in [0.15, 0.2) is 11.6 Å². The quantitative estimate of drug-likeness (QED) is 0.0813. The van der Waals surface area contributed by atoms with Gasteiger partial charge in [-0.2, -0.15) is 0 Å². The van der Waals surface area contributed by atoms with Gasteiger partial charge in [-0.3, -0.25) is 0 Å². The van der Waals surface area contributed by atoms with Gasteiger partial charge < -0.3 is 109 Å². The van der Waals surface area contributed by atoms with Crippen LogP contribution in [0.3, 0.4) is 0 Å². The maximum atomic E-state index is 11.6. The van der Waals surface area contributed by atoms with Crippen molar-refractivity contribution in [3.05, 3.63) is 11.6 Å². The lowest BCUT2D eigenvalue weighted by Crippen LogP contribution is -2.66. The van der Waals surface area contributed by atoms with Crippen LogP contribution in [0.1, 0.15) is 92.4 Å². The highest BCUT2D eigenvalue weighted by molar-refractivity contribution is 5.26. The summed E-state index contributed by atoms with van der Waals surface area (Å²) < 4.78 is 61.5. The lowest BCUT2D eigenvalue weighted by molar-refractivity contribution is -0.390. The largest absolute Gasteiger partial charge is 0.394 e. The number of methoxy groups -OCH3 is 1. The van der Waals surface area contributed by atoms with E-state index in [0.717, 1.165) is 32.1 Å². The summed E-state index contributed by atoms with van der Waals surface area (Å²) in [7, 11) is 1.72. The van der Waals surface area contributed by atoms with Crippen LogP contribution in [-0.2, 0) is 47.4 Å². The van der Waals surface area contributed by atoms with Gasteiger partial charge in [0.25, 0.3) is 0 Å². The molecule has 9 aliphatic rings. The maximum absolute atomic E-state index is 11.6. The molecule has 3 saturated carbocycles. The highest BCUT2D eigenvalue weighted by Crippen LogP contribution is 2.70. The van der Waals surface area contributed by atoms with Crippen LogP contribution in [-0.4, -0.2) is 230 Å². The fraction of sp³-hybridized carbons (Fsp3) is 0.961. The molecule has 0 aromatic carbocycles. The molecule has 30 atom stereocenters. The van der Waals surface area contributed by atoms with Crippen LogP contribution in [0.5, 0.6) is 0 Å². The van der Waals surface area contributed by atoms with Crippen LogP contribution >= 0.6 is 0 Å². The molecular weight excluding hydrogens is 965 g/mol. The molecule has 73 heavy (non-hydrogen) atoms. The summed E-state index contributed by atoms with van der Waals surface area (Å²) in [6.45, 7) is 9.21. The van der Waals surface area contributed by atoms with E-state index < -0.39 is 148 Å². The number of allylic oxidation sites excluding steroid dienone is 1.